The van der Waals surface area contributed by atoms with Crippen LogP contribution < -0.4 is 10.2 Å². The molecule has 2 aromatic heterocycles. The fourth-order valence-corrected chi connectivity index (χ4v) is 3.68. The predicted octanol–water partition coefficient (Wildman–Crippen LogP) is 4.55. The Morgan fingerprint density at radius 3 is 2.83 bits per heavy atom. The maximum atomic E-state index is 12.8. The molecule has 8 heteroatoms. The Balaban J connectivity index is 1.46. The van der Waals surface area contributed by atoms with Crippen LogP contribution in [0.15, 0.2) is 47.0 Å². The van der Waals surface area contributed by atoms with Crippen molar-refractivity contribution in [3.05, 3.63) is 59.5 Å². The van der Waals surface area contributed by atoms with Crippen molar-refractivity contribution < 1.29 is 22.4 Å². The van der Waals surface area contributed by atoms with Crippen molar-refractivity contribution in [2.75, 3.05) is 18.0 Å². The highest BCUT2D eigenvalue weighted by molar-refractivity contribution is 6.05. The Morgan fingerprint density at radius 2 is 2.10 bits per heavy atom. The highest BCUT2D eigenvalue weighted by atomic mass is 19.4. The van der Waals surface area contributed by atoms with Gasteiger partial charge in [0.1, 0.15) is 17.2 Å². The lowest BCUT2D eigenvalue weighted by molar-refractivity contribution is -0.137. The minimum absolute atomic E-state index is 0.133. The van der Waals surface area contributed by atoms with Crippen LogP contribution >= 0.6 is 0 Å². The van der Waals surface area contributed by atoms with Crippen LogP contribution in [0, 0.1) is 6.92 Å². The number of hydrogen-bond acceptors (Lipinski definition) is 4. The number of furan rings is 1. The Bertz CT molecular complexity index is 1030. The van der Waals surface area contributed by atoms with E-state index in [1.807, 2.05) is 30.0 Å². The second kappa shape index (κ2) is 7.42. The second-order valence-electron chi connectivity index (χ2n) is 7.24. The summed E-state index contributed by atoms with van der Waals surface area (Å²) in [5.41, 5.74) is 0.255. The standard InChI is InChI=1S/C21H20F3N3O2/c1-13-10-14-4-2-6-17(19(14)29-13)20(28)26-16-5-3-9-27(12-16)18-8-7-15(11-25-18)21(22,23)24/h2,4,6-8,10-11,16H,3,5,9,12H2,1H3,(H,26,28)/t16-/m1/s1. The number of alkyl halides is 3. The third-order valence-corrected chi connectivity index (χ3v) is 5.07. The SMILES string of the molecule is Cc1cc2cccc(C(=O)N[C@@H]3CCCN(c4ccc(C(F)(F)F)cn4)C3)c2o1. The van der Waals surface area contributed by atoms with E-state index in [0.29, 0.717) is 30.1 Å². The topological polar surface area (TPSA) is 58.4 Å². The number of para-hydroxylation sites is 1. The highest BCUT2D eigenvalue weighted by Gasteiger charge is 2.31. The van der Waals surface area contributed by atoms with E-state index >= 15 is 0 Å². The number of aromatic nitrogens is 1. The van der Waals surface area contributed by atoms with Gasteiger partial charge in [0, 0.05) is 30.7 Å². The number of piperidine rings is 1. The smallest absolute Gasteiger partial charge is 0.417 e. The largest absolute Gasteiger partial charge is 0.461 e. The second-order valence-corrected chi connectivity index (χ2v) is 7.24. The van der Waals surface area contributed by atoms with Gasteiger partial charge < -0.3 is 14.6 Å². The number of amides is 1. The van der Waals surface area contributed by atoms with Gasteiger partial charge >= 0.3 is 6.18 Å². The van der Waals surface area contributed by atoms with Crippen molar-refractivity contribution in [2.24, 2.45) is 0 Å². The molecule has 3 aromatic rings. The summed E-state index contributed by atoms with van der Waals surface area (Å²) in [5, 5.41) is 3.89. The molecule has 1 atom stereocenters. The summed E-state index contributed by atoms with van der Waals surface area (Å²) in [7, 11) is 0. The fourth-order valence-electron chi connectivity index (χ4n) is 3.68. The van der Waals surface area contributed by atoms with Crippen molar-refractivity contribution in [1.82, 2.24) is 10.3 Å². The van der Waals surface area contributed by atoms with E-state index < -0.39 is 11.7 Å². The first kappa shape index (κ1) is 19.3. The molecule has 0 bridgehead atoms. The van der Waals surface area contributed by atoms with Crippen molar-refractivity contribution >= 4 is 22.7 Å². The number of nitrogens with one attached hydrogen (secondary N) is 1. The number of pyridine rings is 1. The zero-order valence-electron chi connectivity index (χ0n) is 15.8. The van der Waals surface area contributed by atoms with Crippen LogP contribution in [-0.4, -0.2) is 30.0 Å². The first-order valence-corrected chi connectivity index (χ1v) is 9.39. The molecule has 1 N–H and O–H groups in total. The summed E-state index contributed by atoms with van der Waals surface area (Å²) in [5.74, 6) is 0.982. The van der Waals surface area contributed by atoms with E-state index in [4.69, 9.17) is 4.42 Å². The summed E-state index contributed by atoms with van der Waals surface area (Å²) in [6.07, 6.45) is -1.97. The molecule has 1 fully saturated rings. The zero-order valence-corrected chi connectivity index (χ0v) is 15.8. The zero-order chi connectivity index (χ0) is 20.6. The van der Waals surface area contributed by atoms with Crippen molar-refractivity contribution in [2.45, 2.75) is 32.0 Å². The maximum absolute atomic E-state index is 12.8. The molecule has 0 spiro atoms. The van der Waals surface area contributed by atoms with Crippen molar-refractivity contribution in [3.8, 4) is 0 Å². The number of carbonyl (C=O) groups is 1. The average Bonchev–Trinajstić information content (AvgIpc) is 3.07. The van der Waals surface area contributed by atoms with E-state index in [1.165, 1.54) is 6.07 Å². The van der Waals surface area contributed by atoms with Crippen LogP contribution in [0.4, 0.5) is 19.0 Å². The number of rotatable bonds is 3. The minimum Gasteiger partial charge on any atom is -0.461 e. The molecule has 5 nitrogen and oxygen atoms in total. The molecule has 4 rings (SSSR count). The van der Waals surface area contributed by atoms with Gasteiger partial charge in [-0.05, 0) is 44.0 Å². The molecule has 0 radical (unpaired) electrons. The lowest BCUT2D eigenvalue weighted by atomic mass is 10.0. The number of carbonyl (C=O) groups excluding carboxylic acids is 1. The molecular weight excluding hydrogens is 383 g/mol. The quantitative estimate of drug-likeness (QED) is 0.697. The van der Waals surface area contributed by atoms with E-state index in [1.54, 1.807) is 6.07 Å². The first-order chi connectivity index (χ1) is 13.8. The van der Waals surface area contributed by atoms with Gasteiger partial charge in [-0.25, -0.2) is 4.98 Å². The molecule has 29 heavy (non-hydrogen) atoms. The summed E-state index contributed by atoms with van der Waals surface area (Å²) in [6, 6.07) is 9.58. The Kier molecular flexibility index (Phi) is 4.94. The Hall–Kier alpha value is -3.03. The summed E-state index contributed by atoms with van der Waals surface area (Å²) in [4.78, 5) is 18.7. The molecular formula is C21H20F3N3O2. The highest BCUT2D eigenvalue weighted by Crippen LogP contribution is 2.30. The number of hydrogen-bond donors (Lipinski definition) is 1. The number of anilines is 1. The lowest BCUT2D eigenvalue weighted by Crippen LogP contribution is -2.48. The molecule has 1 aliphatic rings. The van der Waals surface area contributed by atoms with Crippen LogP contribution in [0.5, 0.6) is 0 Å². The molecule has 1 aromatic carbocycles. The van der Waals surface area contributed by atoms with E-state index in [2.05, 4.69) is 10.3 Å². The van der Waals surface area contributed by atoms with Crippen LogP contribution in [0.1, 0.15) is 34.5 Å². The monoisotopic (exact) mass is 403 g/mol. The van der Waals surface area contributed by atoms with E-state index in [-0.39, 0.29) is 11.9 Å². The molecule has 152 valence electrons. The molecule has 1 aliphatic heterocycles. The third-order valence-electron chi connectivity index (χ3n) is 5.07. The van der Waals surface area contributed by atoms with Crippen molar-refractivity contribution in [3.63, 3.8) is 0 Å². The molecule has 0 saturated carbocycles. The summed E-state index contributed by atoms with van der Waals surface area (Å²) in [6.45, 7) is 2.99. The van der Waals surface area contributed by atoms with E-state index in [9.17, 15) is 18.0 Å². The van der Waals surface area contributed by atoms with Gasteiger partial charge in [0.2, 0.25) is 0 Å². The lowest BCUT2D eigenvalue weighted by Gasteiger charge is -2.34. The Labute approximate surface area is 165 Å². The summed E-state index contributed by atoms with van der Waals surface area (Å²) >= 11 is 0. The predicted molar refractivity (Wildman–Crippen MR) is 103 cm³/mol. The van der Waals surface area contributed by atoms with Gasteiger partial charge in [-0.15, -0.1) is 0 Å². The number of fused-ring (bicyclic) bond motifs is 1. The Morgan fingerprint density at radius 1 is 1.28 bits per heavy atom. The number of nitrogens with zero attached hydrogens (tertiary/aromatic N) is 2. The van der Waals surface area contributed by atoms with Crippen LogP contribution in [0.2, 0.25) is 0 Å². The van der Waals surface area contributed by atoms with Crippen LogP contribution in [-0.2, 0) is 6.18 Å². The van der Waals surface area contributed by atoms with Crippen molar-refractivity contribution in [1.29, 1.82) is 0 Å². The first-order valence-electron chi connectivity index (χ1n) is 9.39. The number of halogens is 3. The normalized spacial score (nSPS) is 17.5. The fraction of sp³-hybridized carbons (Fsp3) is 0.333. The van der Waals surface area contributed by atoms with E-state index in [0.717, 1.165) is 36.3 Å². The van der Waals surface area contributed by atoms with Crippen LogP contribution in [0.3, 0.4) is 0 Å². The van der Waals surface area contributed by atoms with Gasteiger partial charge in [-0.3, -0.25) is 4.79 Å². The number of aryl methyl sites for hydroxylation is 1. The summed E-state index contributed by atoms with van der Waals surface area (Å²) < 4.78 is 43.9. The average molecular weight is 403 g/mol. The minimum atomic E-state index is -4.41. The van der Waals surface area contributed by atoms with Gasteiger partial charge in [0.05, 0.1) is 11.1 Å². The van der Waals surface area contributed by atoms with Gasteiger partial charge in [-0.1, -0.05) is 12.1 Å². The maximum Gasteiger partial charge on any atom is 0.417 e. The third kappa shape index (κ3) is 4.06. The molecule has 0 unspecified atom stereocenters. The molecule has 3 heterocycles. The molecule has 1 amide bonds. The van der Waals surface area contributed by atoms with Gasteiger partial charge in [0.25, 0.3) is 5.91 Å². The van der Waals surface area contributed by atoms with Gasteiger partial charge in [0.15, 0.2) is 0 Å². The van der Waals surface area contributed by atoms with Crippen LogP contribution in [0.25, 0.3) is 11.0 Å². The molecule has 1 saturated heterocycles. The van der Waals surface area contributed by atoms with Gasteiger partial charge in [-0.2, -0.15) is 13.2 Å². The molecule has 0 aliphatic carbocycles. The number of benzene rings is 1.